The Morgan fingerprint density at radius 1 is 1.09 bits per heavy atom. The van der Waals surface area contributed by atoms with Gasteiger partial charge in [0.1, 0.15) is 0 Å². The molecule has 1 atom stereocenters. The number of nitriles is 1. The number of anilines is 1. The second-order valence-corrected chi connectivity index (χ2v) is 5.07. The fourth-order valence-electron chi connectivity index (χ4n) is 2.24. The summed E-state index contributed by atoms with van der Waals surface area (Å²) in [7, 11) is 3.64. The van der Waals surface area contributed by atoms with Gasteiger partial charge in [-0.3, -0.25) is 0 Å². The number of methoxy groups -OCH3 is 1. The summed E-state index contributed by atoms with van der Waals surface area (Å²) in [5, 5.41) is 15.3. The minimum Gasteiger partial charge on any atom is -0.381 e. The minimum atomic E-state index is 0.0672. The quantitative estimate of drug-likeness (QED) is 0.824. The number of benzene rings is 2. The van der Waals surface area contributed by atoms with Crippen molar-refractivity contribution in [1.82, 2.24) is 5.32 Å². The number of nitrogens with one attached hydrogen (secondary N) is 2. The van der Waals surface area contributed by atoms with Gasteiger partial charge in [0.25, 0.3) is 0 Å². The molecule has 0 aliphatic carbocycles. The molecule has 2 aromatic rings. The fraction of sp³-hybridized carbons (Fsp3) is 0.278. The molecular weight excluding hydrogens is 274 g/mol. The summed E-state index contributed by atoms with van der Waals surface area (Å²) in [5.41, 5.74) is 4.05. The lowest BCUT2D eigenvalue weighted by Crippen LogP contribution is -2.18. The van der Waals surface area contributed by atoms with Gasteiger partial charge in [-0.1, -0.05) is 24.3 Å². The van der Waals surface area contributed by atoms with Gasteiger partial charge in [-0.25, -0.2) is 0 Å². The molecule has 0 amide bonds. The van der Waals surface area contributed by atoms with E-state index in [9.17, 15) is 0 Å². The molecule has 114 valence electrons. The van der Waals surface area contributed by atoms with E-state index in [1.165, 1.54) is 0 Å². The van der Waals surface area contributed by atoms with E-state index in [1.807, 2.05) is 31.3 Å². The van der Waals surface area contributed by atoms with Crippen molar-refractivity contribution >= 4 is 5.69 Å². The molecule has 0 aliphatic heterocycles. The Bertz CT molecular complexity index is 614. The molecule has 0 aliphatic rings. The highest BCUT2D eigenvalue weighted by Crippen LogP contribution is 2.19. The van der Waals surface area contributed by atoms with Crippen molar-refractivity contribution in [3.8, 4) is 6.07 Å². The van der Waals surface area contributed by atoms with Crippen molar-refractivity contribution < 1.29 is 4.74 Å². The molecule has 2 N–H and O–H groups in total. The number of hydrogen-bond donors (Lipinski definition) is 2. The zero-order valence-corrected chi connectivity index (χ0v) is 13.0. The van der Waals surface area contributed by atoms with Crippen LogP contribution in [-0.2, 0) is 11.3 Å². The number of nitrogens with zero attached hydrogens (tertiary/aromatic N) is 1. The van der Waals surface area contributed by atoms with E-state index in [1.54, 1.807) is 7.11 Å². The molecule has 0 heterocycles. The first-order chi connectivity index (χ1) is 10.8. The maximum atomic E-state index is 8.79. The summed E-state index contributed by atoms with van der Waals surface area (Å²) in [4.78, 5) is 0. The normalized spacial score (nSPS) is 11.7. The summed E-state index contributed by atoms with van der Waals surface area (Å²) in [6, 6.07) is 18.0. The van der Waals surface area contributed by atoms with Gasteiger partial charge in [0.05, 0.1) is 17.7 Å². The van der Waals surface area contributed by atoms with E-state index >= 15 is 0 Å². The van der Waals surface area contributed by atoms with E-state index in [2.05, 4.69) is 41.0 Å². The Hall–Kier alpha value is -2.35. The Balaban J connectivity index is 1.94. The predicted octanol–water partition coefficient (Wildman–Crippen LogP) is 3.08. The fourth-order valence-corrected chi connectivity index (χ4v) is 2.24. The highest BCUT2D eigenvalue weighted by molar-refractivity contribution is 5.46. The summed E-state index contributed by atoms with van der Waals surface area (Å²) in [6.07, 6.45) is 0.0672. The van der Waals surface area contributed by atoms with Crippen LogP contribution in [0.4, 0.5) is 5.69 Å². The van der Waals surface area contributed by atoms with Crippen LogP contribution in [-0.4, -0.2) is 20.7 Å². The molecular formula is C18H21N3O. The van der Waals surface area contributed by atoms with Gasteiger partial charge in [0.15, 0.2) is 0 Å². The van der Waals surface area contributed by atoms with Gasteiger partial charge in [-0.2, -0.15) is 5.26 Å². The predicted molar refractivity (Wildman–Crippen MR) is 88.6 cm³/mol. The van der Waals surface area contributed by atoms with Crippen LogP contribution in [0.3, 0.4) is 0 Å². The standard InChI is InChI=1S/C18H21N3O/c1-20-13-18(22-2)16-7-9-17(10-8-16)21-12-15-5-3-14(11-19)4-6-15/h3-10,18,20-21H,12-13H2,1-2H3/t18-/m1/s1. The molecule has 22 heavy (non-hydrogen) atoms. The Morgan fingerprint density at radius 2 is 1.77 bits per heavy atom. The van der Waals surface area contributed by atoms with E-state index < -0.39 is 0 Å². The van der Waals surface area contributed by atoms with Crippen LogP contribution < -0.4 is 10.6 Å². The Morgan fingerprint density at radius 3 is 2.32 bits per heavy atom. The Labute approximate surface area is 131 Å². The summed E-state index contributed by atoms with van der Waals surface area (Å²) in [6.45, 7) is 1.52. The van der Waals surface area contributed by atoms with Crippen LogP contribution in [0.2, 0.25) is 0 Å². The first-order valence-electron chi connectivity index (χ1n) is 7.27. The monoisotopic (exact) mass is 295 g/mol. The van der Waals surface area contributed by atoms with E-state index in [0.717, 1.165) is 29.9 Å². The van der Waals surface area contributed by atoms with Crippen molar-refractivity contribution in [2.45, 2.75) is 12.6 Å². The third-order valence-corrected chi connectivity index (χ3v) is 3.54. The number of hydrogen-bond acceptors (Lipinski definition) is 4. The minimum absolute atomic E-state index is 0.0672. The van der Waals surface area contributed by atoms with Gasteiger partial charge in [0.2, 0.25) is 0 Å². The van der Waals surface area contributed by atoms with Crippen LogP contribution in [0.5, 0.6) is 0 Å². The molecule has 2 rings (SSSR count). The first-order valence-corrected chi connectivity index (χ1v) is 7.27. The zero-order valence-electron chi connectivity index (χ0n) is 13.0. The van der Waals surface area contributed by atoms with Gasteiger partial charge in [0, 0.05) is 25.9 Å². The van der Waals surface area contributed by atoms with E-state index in [-0.39, 0.29) is 6.10 Å². The number of rotatable bonds is 7. The lowest BCUT2D eigenvalue weighted by Gasteiger charge is -2.16. The van der Waals surface area contributed by atoms with Gasteiger partial charge in [-0.15, -0.1) is 0 Å². The molecule has 2 aromatic carbocycles. The van der Waals surface area contributed by atoms with E-state index in [4.69, 9.17) is 10.00 Å². The van der Waals surface area contributed by atoms with Crippen molar-refractivity contribution in [1.29, 1.82) is 5.26 Å². The third-order valence-electron chi connectivity index (χ3n) is 3.54. The van der Waals surface area contributed by atoms with Gasteiger partial charge < -0.3 is 15.4 Å². The molecule has 4 heteroatoms. The lowest BCUT2D eigenvalue weighted by atomic mass is 10.1. The number of likely N-dealkylation sites (N-methyl/N-ethyl adjacent to an activating group) is 1. The summed E-state index contributed by atoms with van der Waals surface area (Å²) >= 11 is 0. The van der Waals surface area contributed by atoms with Crippen LogP contribution in [0.1, 0.15) is 22.8 Å². The first kappa shape index (κ1) is 16.0. The summed E-state index contributed by atoms with van der Waals surface area (Å²) in [5.74, 6) is 0. The summed E-state index contributed by atoms with van der Waals surface area (Å²) < 4.78 is 5.46. The van der Waals surface area contributed by atoms with Crippen molar-refractivity contribution in [3.63, 3.8) is 0 Å². The van der Waals surface area contributed by atoms with Crippen LogP contribution >= 0.6 is 0 Å². The second-order valence-electron chi connectivity index (χ2n) is 5.07. The van der Waals surface area contributed by atoms with Crippen LogP contribution in [0.25, 0.3) is 0 Å². The van der Waals surface area contributed by atoms with Crippen molar-refractivity contribution in [3.05, 3.63) is 65.2 Å². The highest BCUT2D eigenvalue weighted by Gasteiger charge is 2.08. The lowest BCUT2D eigenvalue weighted by molar-refractivity contribution is 0.104. The van der Waals surface area contributed by atoms with Gasteiger partial charge >= 0.3 is 0 Å². The molecule has 0 unspecified atom stereocenters. The van der Waals surface area contributed by atoms with Gasteiger partial charge in [-0.05, 0) is 42.4 Å². The molecule has 0 bridgehead atoms. The van der Waals surface area contributed by atoms with Crippen molar-refractivity contribution in [2.75, 3.05) is 26.0 Å². The molecule has 0 radical (unpaired) electrons. The maximum Gasteiger partial charge on any atom is 0.0991 e. The average molecular weight is 295 g/mol. The number of ether oxygens (including phenoxy) is 1. The Kier molecular flexibility index (Phi) is 5.96. The zero-order chi connectivity index (χ0) is 15.8. The van der Waals surface area contributed by atoms with Crippen molar-refractivity contribution in [2.24, 2.45) is 0 Å². The molecule has 0 spiro atoms. The SMILES string of the molecule is CNC[C@@H](OC)c1ccc(NCc2ccc(C#N)cc2)cc1. The highest BCUT2D eigenvalue weighted by atomic mass is 16.5. The third kappa shape index (κ3) is 4.32. The average Bonchev–Trinajstić information content (AvgIpc) is 2.59. The smallest absolute Gasteiger partial charge is 0.0991 e. The molecule has 0 fully saturated rings. The molecule has 0 saturated heterocycles. The molecule has 4 nitrogen and oxygen atoms in total. The molecule has 0 saturated carbocycles. The maximum absolute atomic E-state index is 8.79. The van der Waals surface area contributed by atoms with E-state index in [0.29, 0.717) is 5.56 Å². The largest absolute Gasteiger partial charge is 0.381 e. The second kappa shape index (κ2) is 8.18. The topological polar surface area (TPSA) is 57.1 Å². The van der Waals surface area contributed by atoms with Crippen LogP contribution in [0, 0.1) is 11.3 Å². The molecule has 0 aromatic heterocycles. The van der Waals surface area contributed by atoms with Crippen LogP contribution in [0.15, 0.2) is 48.5 Å².